The van der Waals surface area contributed by atoms with Crippen LogP contribution in [-0.4, -0.2) is 35.7 Å². The van der Waals surface area contributed by atoms with E-state index in [1.807, 2.05) is 0 Å². The number of nitriles is 1. The summed E-state index contributed by atoms with van der Waals surface area (Å²) in [6.07, 6.45) is 3.89. The fourth-order valence-electron chi connectivity index (χ4n) is 2.33. The zero-order valence-corrected chi connectivity index (χ0v) is 6.82. The molecule has 0 spiro atoms. The van der Waals surface area contributed by atoms with Gasteiger partial charge in [-0.3, -0.25) is 0 Å². The molecule has 11 heavy (non-hydrogen) atoms. The summed E-state index contributed by atoms with van der Waals surface area (Å²) < 4.78 is 0. The normalized spacial score (nSPS) is 37.8. The topological polar surface area (TPSA) is 30.3 Å². The Labute approximate surface area is 67.2 Å². The van der Waals surface area contributed by atoms with E-state index in [2.05, 4.69) is 23.1 Å². The predicted octanol–water partition coefficient (Wildman–Crippen LogP) is 0.593. The SMILES string of the molecule is CN1[C@H]2CC[C@H](C2)N1CC#N. The lowest BCUT2D eigenvalue weighted by Gasteiger charge is -2.33. The van der Waals surface area contributed by atoms with E-state index >= 15 is 0 Å². The third-order valence-corrected chi connectivity index (χ3v) is 2.97. The Hall–Kier alpha value is -0.590. The lowest BCUT2D eigenvalue weighted by molar-refractivity contribution is -0.0180. The Bertz CT molecular complexity index is 194. The Morgan fingerprint density at radius 2 is 2.18 bits per heavy atom. The summed E-state index contributed by atoms with van der Waals surface area (Å²) in [6, 6.07) is 3.61. The van der Waals surface area contributed by atoms with Crippen molar-refractivity contribution < 1.29 is 0 Å². The lowest BCUT2D eigenvalue weighted by Crippen LogP contribution is -2.44. The fraction of sp³-hybridized carbons (Fsp3) is 0.875. The van der Waals surface area contributed by atoms with E-state index in [9.17, 15) is 0 Å². The van der Waals surface area contributed by atoms with Gasteiger partial charge in [0.15, 0.2) is 0 Å². The number of fused-ring (bicyclic) bond motifs is 2. The predicted molar refractivity (Wildman–Crippen MR) is 41.5 cm³/mol. The first-order valence-corrected chi connectivity index (χ1v) is 4.19. The second kappa shape index (κ2) is 2.47. The van der Waals surface area contributed by atoms with E-state index in [1.54, 1.807) is 0 Å². The molecule has 60 valence electrons. The van der Waals surface area contributed by atoms with Crippen LogP contribution >= 0.6 is 0 Å². The van der Waals surface area contributed by atoms with E-state index in [0.29, 0.717) is 12.6 Å². The van der Waals surface area contributed by atoms with Crippen LogP contribution < -0.4 is 0 Å². The summed E-state index contributed by atoms with van der Waals surface area (Å²) in [5.74, 6) is 0. The van der Waals surface area contributed by atoms with Crippen molar-refractivity contribution in [3.8, 4) is 6.07 Å². The van der Waals surface area contributed by atoms with Gasteiger partial charge in [0.2, 0.25) is 0 Å². The van der Waals surface area contributed by atoms with Crippen LogP contribution in [0, 0.1) is 11.3 Å². The van der Waals surface area contributed by atoms with Gasteiger partial charge >= 0.3 is 0 Å². The molecule has 1 heterocycles. The number of rotatable bonds is 1. The smallest absolute Gasteiger partial charge is 0.101 e. The van der Waals surface area contributed by atoms with E-state index in [1.165, 1.54) is 19.3 Å². The highest BCUT2D eigenvalue weighted by molar-refractivity contribution is 4.95. The number of hydrazine groups is 1. The summed E-state index contributed by atoms with van der Waals surface area (Å²) >= 11 is 0. The van der Waals surface area contributed by atoms with E-state index < -0.39 is 0 Å². The standard InChI is InChI=1S/C8H13N3/c1-10-7-2-3-8(6-7)11(10)5-4-9/h7-8H,2-3,5-6H2,1H3/t7-,8+/m0/s1. The molecule has 0 unspecified atom stereocenters. The van der Waals surface area contributed by atoms with Gasteiger partial charge in [0.25, 0.3) is 0 Å². The van der Waals surface area contributed by atoms with Crippen molar-refractivity contribution in [2.75, 3.05) is 13.6 Å². The van der Waals surface area contributed by atoms with Crippen LogP contribution in [0.5, 0.6) is 0 Å². The van der Waals surface area contributed by atoms with Gasteiger partial charge in [0, 0.05) is 19.1 Å². The maximum absolute atomic E-state index is 8.55. The molecule has 1 aliphatic heterocycles. The molecule has 0 aromatic heterocycles. The molecule has 3 heteroatoms. The second-order valence-corrected chi connectivity index (χ2v) is 3.45. The molecule has 2 rings (SSSR count). The zero-order valence-electron chi connectivity index (χ0n) is 6.82. The minimum atomic E-state index is 0.567. The molecule has 0 amide bonds. The van der Waals surface area contributed by atoms with Gasteiger partial charge in [-0.1, -0.05) is 0 Å². The van der Waals surface area contributed by atoms with Gasteiger partial charge in [0.05, 0.1) is 6.07 Å². The molecule has 1 aliphatic carbocycles. The quantitative estimate of drug-likeness (QED) is 0.514. The number of hydrogen-bond acceptors (Lipinski definition) is 3. The molecular weight excluding hydrogens is 138 g/mol. The van der Waals surface area contributed by atoms with Crippen LogP contribution in [-0.2, 0) is 0 Å². The van der Waals surface area contributed by atoms with Crippen molar-refractivity contribution in [2.45, 2.75) is 31.3 Å². The van der Waals surface area contributed by atoms with Crippen molar-refractivity contribution in [3.05, 3.63) is 0 Å². The zero-order chi connectivity index (χ0) is 7.84. The molecule has 2 aliphatic rings. The third-order valence-electron chi connectivity index (χ3n) is 2.97. The van der Waals surface area contributed by atoms with E-state index in [0.717, 1.165) is 6.04 Å². The molecule has 0 aromatic carbocycles. The molecule has 1 saturated carbocycles. The maximum Gasteiger partial charge on any atom is 0.101 e. The molecule has 3 nitrogen and oxygen atoms in total. The van der Waals surface area contributed by atoms with Gasteiger partial charge in [-0.25, -0.2) is 10.0 Å². The minimum absolute atomic E-state index is 0.567. The summed E-state index contributed by atoms with van der Waals surface area (Å²) in [7, 11) is 2.10. The van der Waals surface area contributed by atoms with Crippen molar-refractivity contribution in [1.29, 1.82) is 5.26 Å². The van der Waals surface area contributed by atoms with Gasteiger partial charge in [0.1, 0.15) is 6.54 Å². The summed E-state index contributed by atoms with van der Waals surface area (Å²) in [6.45, 7) is 0.567. The van der Waals surface area contributed by atoms with E-state index in [-0.39, 0.29) is 0 Å². The van der Waals surface area contributed by atoms with Crippen molar-refractivity contribution in [1.82, 2.24) is 10.0 Å². The average molecular weight is 151 g/mol. The Morgan fingerprint density at radius 3 is 2.73 bits per heavy atom. The first kappa shape index (κ1) is 7.08. The van der Waals surface area contributed by atoms with Crippen LogP contribution in [0.25, 0.3) is 0 Å². The highest BCUT2D eigenvalue weighted by Gasteiger charge is 2.41. The van der Waals surface area contributed by atoms with Crippen molar-refractivity contribution in [3.63, 3.8) is 0 Å². The summed E-state index contributed by atoms with van der Waals surface area (Å²) in [5, 5.41) is 13.0. The Morgan fingerprint density at radius 1 is 1.45 bits per heavy atom. The van der Waals surface area contributed by atoms with Gasteiger partial charge in [-0.2, -0.15) is 5.26 Å². The highest BCUT2D eigenvalue weighted by Crippen LogP contribution is 2.35. The highest BCUT2D eigenvalue weighted by atomic mass is 15.7. The number of nitrogens with zero attached hydrogens (tertiary/aromatic N) is 3. The summed E-state index contributed by atoms with van der Waals surface area (Å²) in [4.78, 5) is 0. The minimum Gasteiger partial charge on any atom is -0.241 e. The van der Waals surface area contributed by atoms with Crippen LogP contribution in [0.3, 0.4) is 0 Å². The molecule has 0 radical (unpaired) electrons. The molecule has 2 bridgehead atoms. The third kappa shape index (κ3) is 0.943. The maximum atomic E-state index is 8.55. The average Bonchev–Trinajstić information content (AvgIpc) is 2.54. The van der Waals surface area contributed by atoms with Gasteiger partial charge in [-0.15, -0.1) is 0 Å². The Kier molecular flexibility index (Phi) is 1.59. The van der Waals surface area contributed by atoms with Crippen LogP contribution in [0.15, 0.2) is 0 Å². The molecule has 0 aromatic rings. The fourth-order valence-corrected chi connectivity index (χ4v) is 2.33. The molecule has 2 atom stereocenters. The monoisotopic (exact) mass is 151 g/mol. The van der Waals surface area contributed by atoms with Gasteiger partial charge in [-0.05, 0) is 19.3 Å². The van der Waals surface area contributed by atoms with Crippen LogP contribution in [0.2, 0.25) is 0 Å². The second-order valence-electron chi connectivity index (χ2n) is 3.45. The van der Waals surface area contributed by atoms with Crippen LogP contribution in [0.4, 0.5) is 0 Å². The Balaban J connectivity index is 2.07. The lowest BCUT2D eigenvalue weighted by atomic mass is 10.2. The molecular formula is C8H13N3. The largest absolute Gasteiger partial charge is 0.241 e. The first-order valence-electron chi connectivity index (χ1n) is 4.19. The molecule has 2 fully saturated rings. The van der Waals surface area contributed by atoms with Crippen molar-refractivity contribution >= 4 is 0 Å². The van der Waals surface area contributed by atoms with Crippen LogP contribution in [0.1, 0.15) is 19.3 Å². The van der Waals surface area contributed by atoms with E-state index in [4.69, 9.17) is 5.26 Å². The molecule has 0 N–H and O–H groups in total. The summed E-state index contributed by atoms with van der Waals surface area (Å²) in [5.41, 5.74) is 0. The van der Waals surface area contributed by atoms with Gasteiger partial charge < -0.3 is 0 Å². The van der Waals surface area contributed by atoms with Crippen molar-refractivity contribution in [2.24, 2.45) is 0 Å². The first-order chi connectivity index (χ1) is 5.33. The number of hydrogen-bond donors (Lipinski definition) is 0. The molecule has 1 saturated heterocycles.